The summed E-state index contributed by atoms with van der Waals surface area (Å²) in [6, 6.07) is 7.42. The highest BCUT2D eigenvalue weighted by molar-refractivity contribution is 5.95. The molecule has 0 saturated heterocycles. The molecule has 0 fully saturated rings. The zero-order valence-corrected chi connectivity index (χ0v) is 12.0. The Kier molecular flexibility index (Phi) is 4.29. The summed E-state index contributed by atoms with van der Waals surface area (Å²) in [7, 11) is 0. The SMILES string of the molecule is Cc1cccc(Cc2nnc(C(=O)C(N)C(C)C)o2)c1. The Hall–Kier alpha value is -2.01. The van der Waals surface area contributed by atoms with E-state index in [1.807, 2.05) is 45.0 Å². The van der Waals surface area contributed by atoms with E-state index in [2.05, 4.69) is 10.2 Å². The molecular formula is C15H19N3O2. The van der Waals surface area contributed by atoms with Gasteiger partial charge in [-0.1, -0.05) is 43.7 Å². The zero-order chi connectivity index (χ0) is 14.7. The molecule has 1 heterocycles. The summed E-state index contributed by atoms with van der Waals surface area (Å²) in [5.41, 5.74) is 8.03. The standard InChI is InChI=1S/C15H19N3O2/c1-9(2)13(16)14(19)15-18-17-12(20-15)8-11-6-4-5-10(3)7-11/h4-7,9,13H,8,16H2,1-3H3. The van der Waals surface area contributed by atoms with Crippen molar-refractivity contribution >= 4 is 5.78 Å². The number of carbonyl (C=O) groups is 1. The summed E-state index contributed by atoms with van der Waals surface area (Å²) in [6.45, 7) is 5.78. The van der Waals surface area contributed by atoms with Gasteiger partial charge in [0, 0.05) is 0 Å². The van der Waals surface area contributed by atoms with Gasteiger partial charge in [0.2, 0.25) is 11.7 Å². The Morgan fingerprint density at radius 1 is 1.35 bits per heavy atom. The highest BCUT2D eigenvalue weighted by Crippen LogP contribution is 2.12. The van der Waals surface area contributed by atoms with Crippen LogP contribution in [0.25, 0.3) is 0 Å². The van der Waals surface area contributed by atoms with Crippen molar-refractivity contribution < 1.29 is 9.21 Å². The molecule has 1 aromatic heterocycles. The number of benzene rings is 1. The number of aromatic nitrogens is 2. The normalized spacial score (nSPS) is 12.7. The van der Waals surface area contributed by atoms with Crippen LogP contribution in [0.3, 0.4) is 0 Å². The van der Waals surface area contributed by atoms with Gasteiger partial charge < -0.3 is 10.2 Å². The maximum Gasteiger partial charge on any atom is 0.285 e. The predicted molar refractivity (Wildman–Crippen MR) is 75.4 cm³/mol. The number of aryl methyl sites for hydroxylation is 1. The van der Waals surface area contributed by atoms with Gasteiger partial charge in [0.1, 0.15) is 0 Å². The van der Waals surface area contributed by atoms with Crippen molar-refractivity contribution in [1.82, 2.24) is 10.2 Å². The van der Waals surface area contributed by atoms with Gasteiger partial charge in [0.25, 0.3) is 5.89 Å². The van der Waals surface area contributed by atoms with Crippen molar-refractivity contribution in [3.63, 3.8) is 0 Å². The van der Waals surface area contributed by atoms with Crippen LogP contribution in [0.15, 0.2) is 28.7 Å². The molecule has 0 radical (unpaired) electrons. The monoisotopic (exact) mass is 273 g/mol. The number of hydrogen-bond acceptors (Lipinski definition) is 5. The Morgan fingerprint density at radius 2 is 2.10 bits per heavy atom. The third-order valence-corrected chi connectivity index (χ3v) is 3.14. The van der Waals surface area contributed by atoms with Crippen molar-refractivity contribution in [2.75, 3.05) is 0 Å². The van der Waals surface area contributed by atoms with E-state index >= 15 is 0 Å². The highest BCUT2D eigenvalue weighted by Gasteiger charge is 2.24. The summed E-state index contributed by atoms with van der Waals surface area (Å²) >= 11 is 0. The third kappa shape index (κ3) is 3.30. The molecule has 2 N–H and O–H groups in total. The first kappa shape index (κ1) is 14.4. The van der Waals surface area contributed by atoms with Gasteiger partial charge in [0.15, 0.2) is 0 Å². The van der Waals surface area contributed by atoms with E-state index in [-0.39, 0.29) is 17.6 Å². The van der Waals surface area contributed by atoms with Gasteiger partial charge in [0.05, 0.1) is 12.5 Å². The van der Waals surface area contributed by atoms with Crippen LogP contribution in [0.4, 0.5) is 0 Å². The van der Waals surface area contributed by atoms with Crippen molar-refractivity contribution in [3.8, 4) is 0 Å². The Balaban J connectivity index is 2.11. The van der Waals surface area contributed by atoms with Crippen LogP contribution in [-0.4, -0.2) is 22.0 Å². The average Bonchev–Trinajstić information content (AvgIpc) is 2.85. The minimum Gasteiger partial charge on any atom is -0.418 e. The largest absolute Gasteiger partial charge is 0.418 e. The molecule has 0 aliphatic rings. The van der Waals surface area contributed by atoms with Crippen molar-refractivity contribution in [2.45, 2.75) is 33.2 Å². The van der Waals surface area contributed by atoms with E-state index in [9.17, 15) is 4.79 Å². The minimum atomic E-state index is -0.609. The average molecular weight is 273 g/mol. The smallest absolute Gasteiger partial charge is 0.285 e. The molecule has 0 aliphatic carbocycles. The topological polar surface area (TPSA) is 82.0 Å². The summed E-state index contributed by atoms with van der Waals surface area (Å²) in [5, 5.41) is 7.70. The highest BCUT2D eigenvalue weighted by atomic mass is 16.4. The third-order valence-electron chi connectivity index (χ3n) is 3.14. The number of ketones is 1. The molecule has 2 rings (SSSR count). The van der Waals surface area contributed by atoms with Crippen LogP contribution >= 0.6 is 0 Å². The molecule has 0 aliphatic heterocycles. The first-order chi connectivity index (χ1) is 9.47. The van der Waals surface area contributed by atoms with Gasteiger partial charge >= 0.3 is 0 Å². The second-order valence-corrected chi connectivity index (χ2v) is 5.30. The van der Waals surface area contributed by atoms with Crippen molar-refractivity contribution in [3.05, 3.63) is 47.2 Å². The maximum atomic E-state index is 12.0. The van der Waals surface area contributed by atoms with Crippen molar-refractivity contribution in [1.29, 1.82) is 0 Å². The molecule has 1 atom stereocenters. The quantitative estimate of drug-likeness (QED) is 0.844. The summed E-state index contributed by atoms with van der Waals surface area (Å²) in [6.07, 6.45) is 0.513. The summed E-state index contributed by atoms with van der Waals surface area (Å²) in [5.74, 6) is 0.154. The van der Waals surface area contributed by atoms with Gasteiger partial charge in [-0.15, -0.1) is 10.2 Å². The van der Waals surface area contributed by atoms with Crippen LogP contribution < -0.4 is 5.73 Å². The van der Waals surface area contributed by atoms with Crippen LogP contribution in [-0.2, 0) is 6.42 Å². The van der Waals surface area contributed by atoms with E-state index in [0.717, 1.165) is 5.56 Å². The number of nitrogens with two attached hydrogens (primary N) is 1. The van der Waals surface area contributed by atoms with E-state index < -0.39 is 6.04 Å². The number of nitrogens with zero attached hydrogens (tertiary/aromatic N) is 2. The van der Waals surface area contributed by atoms with Crippen molar-refractivity contribution in [2.24, 2.45) is 11.7 Å². The molecule has 5 nitrogen and oxygen atoms in total. The Labute approximate surface area is 118 Å². The fraction of sp³-hybridized carbons (Fsp3) is 0.400. The molecule has 20 heavy (non-hydrogen) atoms. The minimum absolute atomic E-state index is 0.00569. The van der Waals surface area contributed by atoms with Crippen LogP contribution in [0.2, 0.25) is 0 Å². The lowest BCUT2D eigenvalue weighted by atomic mass is 10.0. The molecule has 5 heteroatoms. The molecule has 106 valence electrons. The fourth-order valence-electron chi connectivity index (χ4n) is 1.87. The number of hydrogen-bond donors (Lipinski definition) is 1. The van der Waals surface area contributed by atoms with Crippen LogP contribution in [0, 0.1) is 12.8 Å². The summed E-state index contributed by atoms with van der Waals surface area (Å²) < 4.78 is 5.41. The van der Waals surface area contributed by atoms with Gasteiger partial charge in [-0.05, 0) is 18.4 Å². The van der Waals surface area contributed by atoms with Gasteiger partial charge in [-0.2, -0.15) is 0 Å². The molecule has 0 spiro atoms. The van der Waals surface area contributed by atoms with Crippen LogP contribution in [0.1, 0.15) is 41.6 Å². The summed E-state index contributed by atoms with van der Waals surface area (Å²) in [4.78, 5) is 12.0. The Bertz CT molecular complexity index is 605. The molecule has 0 amide bonds. The first-order valence-corrected chi connectivity index (χ1v) is 6.65. The maximum absolute atomic E-state index is 12.0. The van der Waals surface area contributed by atoms with E-state index in [1.165, 1.54) is 5.56 Å². The molecule has 0 bridgehead atoms. The Morgan fingerprint density at radius 3 is 2.75 bits per heavy atom. The lowest BCUT2D eigenvalue weighted by molar-refractivity contribution is 0.0904. The molecule has 0 saturated carbocycles. The molecular weight excluding hydrogens is 254 g/mol. The second kappa shape index (κ2) is 5.96. The lowest BCUT2D eigenvalue weighted by Crippen LogP contribution is -2.35. The van der Waals surface area contributed by atoms with E-state index in [1.54, 1.807) is 0 Å². The van der Waals surface area contributed by atoms with Crippen LogP contribution in [0.5, 0.6) is 0 Å². The molecule has 1 unspecified atom stereocenters. The van der Waals surface area contributed by atoms with E-state index in [4.69, 9.17) is 10.2 Å². The fourth-order valence-corrected chi connectivity index (χ4v) is 1.87. The van der Waals surface area contributed by atoms with E-state index in [0.29, 0.717) is 12.3 Å². The predicted octanol–water partition coefficient (Wildman–Crippen LogP) is 2.13. The van der Waals surface area contributed by atoms with Gasteiger partial charge in [-0.3, -0.25) is 4.79 Å². The number of rotatable bonds is 5. The number of carbonyl (C=O) groups excluding carboxylic acids is 1. The molecule has 1 aromatic carbocycles. The zero-order valence-electron chi connectivity index (χ0n) is 12.0. The second-order valence-electron chi connectivity index (χ2n) is 5.30. The number of Topliss-reactive ketones (excluding diaryl/α,β-unsaturated/α-hetero) is 1. The molecule has 2 aromatic rings. The first-order valence-electron chi connectivity index (χ1n) is 6.65. The lowest BCUT2D eigenvalue weighted by Gasteiger charge is -2.10. The van der Waals surface area contributed by atoms with Gasteiger partial charge in [-0.25, -0.2) is 0 Å².